The third-order valence-corrected chi connectivity index (χ3v) is 5.56. The summed E-state index contributed by atoms with van der Waals surface area (Å²) >= 11 is 0. The lowest BCUT2D eigenvalue weighted by atomic mass is 10.2. The lowest BCUT2D eigenvalue weighted by Gasteiger charge is -2.22. The van der Waals surface area contributed by atoms with Gasteiger partial charge in [-0.1, -0.05) is 0 Å². The molecular formula is C15H20N2O5S. The molecule has 0 aromatic heterocycles. The van der Waals surface area contributed by atoms with Crippen molar-refractivity contribution in [1.82, 2.24) is 4.90 Å². The van der Waals surface area contributed by atoms with E-state index in [0.717, 1.165) is 0 Å². The van der Waals surface area contributed by atoms with Crippen molar-refractivity contribution in [3.05, 3.63) is 29.8 Å². The molecule has 1 aliphatic heterocycles. The van der Waals surface area contributed by atoms with Gasteiger partial charge in [-0.05, 0) is 37.7 Å². The van der Waals surface area contributed by atoms with Crippen LogP contribution >= 0.6 is 0 Å². The van der Waals surface area contributed by atoms with Gasteiger partial charge in [0, 0.05) is 11.7 Å². The number of rotatable bonds is 5. The molecular weight excluding hydrogens is 320 g/mol. The Hall–Kier alpha value is -1.93. The highest BCUT2D eigenvalue weighted by Gasteiger charge is 2.31. The molecule has 23 heavy (non-hydrogen) atoms. The number of benzene rings is 1. The second-order valence-corrected chi connectivity index (χ2v) is 7.82. The highest BCUT2D eigenvalue weighted by atomic mass is 32.2. The molecule has 1 aromatic carbocycles. The van der Waals surface area contributed by atoms with Crippen LogP contribution in [0, 0.1) is 0 Å². The van der Waals surface area contributed by atoms with Crippen LogP contribution in [0.5, 0.6) is 0 Å². The molecule has 0 bridgehead atoms. The number of esters is 1. The largest absolute Gasteiger partial charge is 0.465 e. The Balaban J connectivity index is 1.88. The summed E-state index contributed by atoms with van der Waals surface area (Å²) in [7, 11) is 0.0764. The van der Waals surface area contributed by atoms with Crippen LogP contribution in [0.3, 0.4) is 0 Å². The molecule has 1 fully saturated rings. The molecule has 0 radical (unpaired) electrons. The van der Waals surface area contributed by atoms with Gasteiger partial charge >= 0.3 is 5.97 Å². The van der Waals surface area contributed by atoms with E-state index in [1.54, 1.807) is 36.2 Å². The van der Waals surface area contributed by atoms with Gasteiger partial charge in [0.25, 0.3) is 0 Å². The number of methoxy groups -OCH3 is 1. The monoisotopic (exact) mass is 340 g/mol. The first kappa shape index (κ1) is 17.4. The summed E-state index contributed by atoms with van der Waals surface area (Å²) in [5.41, 5.74) is 0.967. The van der Waals surface area contributed by atoms with Crippen molar-refractivity contribution in [3.8, 4) is 0 Å². The Labute approximate surface area is 135 Å². The van der Waals surface area contributed by atoms with Gasteiger partial charge in [-0.2, -0.15) is 0 Å². The average Bonchev–Trinajstić information content (AvgIpc) is 2.87. The summed E-state index contributed by atoms with van der Waals surface area (Å²) in [5, 5.41) is 2.72. The number of nitrogens with one attached hydrogen (secondary N) is 1. The molecule has 1 aromatic rings. The van der Waals surface area contributed by atoms with E-state index in [1.165, 1.54) is 7.11 Å². The molecule has 8 heteroatoms. The first-order valence-electron chi connectivity index (χ1n) is 7.19. The molecule has 0 spiro atoms. The minimum Gasteiger partial charge on any atom is -0.465 e. The zero-order valence-electron chi connectivity index (χ0n) is 13.1. The Bertz CT molecular complexity index is 684. The molecule has 126 valence electrons. The van der Waals surface area contributed by atoms with Gasteiger partial charge in [-0.15, -0.1) is 0 Å². The van der Waals surface area contributed by atoms with Gasteiger partial charge in [-0.25, -0.2) is 13.2 Å². The number of hydrogen-bond acceptors (Lipinski definition) is 6. The van der Waals surface area contributed by atoms with Crippen molar-refractivity contribution in [1.29, 1.82) is 0 Å². The topological polar surface area (TPSA) is 92.8 Å². The van der Waals surface area contributed by atoms with E-state index in [2.05, 4.69) is 10.1 Å². The van der Waals surface area contributed by atoms with E-state index in [4.69, 9.17) is 0 Å². The molecule has 1 aliphatic rings. The van der Waals surface area contributed by atoms with Gasteiger partial charge in [0.2, 0.25) is 5.91 Å². The maximum atomic E-state index is 12.0. The molecule has 0 saturated carbocycles. The molecule has 1 N–H and O–H groups in total. The summed E-state index contributed by atoms with van der Waals surface area (Å²) in [6.45, 7) is 0.110. The Morgan fingerprint density at radius 1 is 1.30 bits per heavy atom. The minimum atomic E-state index is -2.97. The highest BCUT2D eigenvalue weighted by molar-refractivity contribution is 7.91. The van der Waals surface area contributed by atoms with Crippen LogP contribution in [0.1, 0.15) is 16.8 Å². The van der Waals surface area contributed by atoms with Gasteiger partial charge in [-0.3, -0.25) is 9.69 Å². The minimum absolute atomic E-state index is 0.102. The van der Waals surface area contributed by atoms with Crippen molar-refractivity contribution in [2.75, 3.05) is 37.5 Å². The van der Waals surface area contributed by atoms with Crippen LogP contribution in [-0.2, 0) is 19.4 Å². The molecule has 1 unspecified atom stereocenters. The fourth-order valence-electron chi connectivity index (χ4n) is 2.49. The molecule has 0 aliphatic carbocycles. The quantitative estimate of drug-likeness (QED) is 0.786. The zero-order chi connectivity index (χ0) is 17.0. The first-order valence-corrected chi connectivity index (χ1v) is 9.02. The smallest absolute Gasteiger partial charge is 0.337 e. The van der Waals surface area contributed by atoms with E-state index >= 15 is 0 Å². The number of carbonyl (C=O) groups is 2. The molecule has 7 nitrogen and oxygen atoms in total. The van der Waals surface area contributed by atoms with Crippen LogP contribution in [0.4, 0.5) is 5.69 Å². The third-order valence-electron chi connectivity index (χ3n) is 3.81. The zero-order valence-corrected chi connectivity index (χ0v) is 13.9. The van der Waals surface area contributed by atoms with Gasteiger partial charge in [0.05, 0.1) is 30.7 Å². The predicted octanol–water partition coefficient (Wildman–Crippen LogP) is 0.531. The van der Waals surface area contributed by atoms with Crippen LogP contribution in [0.25, 0.3) is 0 Å². The van der Waals surface area contributed by atoms with Crippen LogP contribution in [0.15, 0.2) is 24.3 Å². The van der Waals surface area contributed by atoms with Crippen molar-refractivity contribution >= 4 is 27.4 Å². The lowest BCUT2D eigenvalue weighted by molar-refractivity contribution is -0.117. The number of anilines is 1. The number of ether oxygens (including phenoxy) is 1. The van der Waals surface area contributed by atoms with Crippen molar-refractivity contribution in [2.24, 2.45) is 0 Å². The number of carbonyl (C=O) groups excluding carboxylic acids is 2. The van der Waals surface area contributed by atoms with E-state index in [0.29, 0.717) is 17.7 Å². The number of hydrogen-bond donors (Lipinski definition) is 1. The second kappa shape index (κ2) is 7.10. The highest BCUT2D eigenvalue weighted by Crippen LogP contribution is 2.16. The summed E-state index contributed by atoms with van der Waals surface area (Å²) in [6, 6.07) is 6.24. The van der Waals surface area contributed by atoms with Crippen molar-refractivity contribution in [2.45, 2.75) is 12.5 Å². The van der Waals surface area contributed by atoms with Gasteiger partial charge in [0.15, 0.2) is 9.84 Å². The maximum Gasteiger partial charge on any atom is 0.337 e. The van der Waals surface area contributed by atoms with E-state index < -0.39 is 15.8 Å². The molecule has 2 rings (SSSR count). The second-order valence-electron chi connectivity index (χ2n) is 5.59. The number of sulfone groups is 1. The average molecular weight is 340 g/mol. The summed E-state index contributed by atoms with van der Waals surface area (Å²) in [6.07, 6.45) is 0.555. The van der Waals surface area contributed by atoms with Gasteiger partial charge in [0.1, 0.15) is 0 Å². The summed E-state index contributed by atoms with van der Waals surface area (Å²) in [4.78, 5) is 25.1. The van der Waals surface area contributed by atoms with E-state index in [9.17, 15) is 18.0 Å². The van der Waals surface area contributed by atoms with Gasteiger partial charge < -0.3 is 10.1 Å². The number of nitrogens with zero attached hydrogens (tertiary/aromatic N) is 1. The SMILES string of the molecule is COC(=O)c1ccc(NC(=O)CN(C)C2CCS(=O)(=O)C2)cc1. The van der Waals surface area contributed by atoms with Crippen LogP contribution in [0.2, 0.25) is 0 Å². The van der Waals surface area contributed by atoms with Crippen LogP contribution in [-0.4, -0.2) is 63.4 Å². The maximum absolute atomic E-state index is 12.0. The molecule has 1 amide bonds. The van der Waals surface area contributed by atoms with E-state index in [-0.39, 0.29) is 30.0 Å². The van der Waals surface area contributed by atoms with Crippen molar-refractivity contribution in [3.63, 3.8) is 0 Å². The fourth-order valence-corrected chi connectivity index (χ4v) is 4.29. The normalized spacial score (nSPS) is 19.5. The predicted molar refractivity (Wildman–Crippen MR) is 86.1 cm³/mol. The van der Waals surface area contributed by atoms with E-state index in [1.807, 2.05) is 0 Å². The Morgan fingerprint density at radius 3 is 2.48 bits per heavy atom. The first-order chi connectivity index (χ1) is 10.8. The number of likely N-dealkylation sites (N-methyl/N-ethyl adjacent to an activating group) is 1. The Kier molecular flexibility index (Phi) is 5.38. The van der Waals surface area contributed by atoms with Crippen molar-refractivity contribution < 1.29 is 22.7 Å². The lowest BCUT2D eigenvalue weighted by Crippen LogP contribution is -2.38. The standard InChI is InChI=1S/C15H20N2O5S/c1-17(13-7-8-23(20,21)10-13)9-14(18)16-12-5-3-11(4-6-12)15(19)22-2/h3-6,13H,7-10H2,1-2H3,(H,16,18). The fraction of sp³-hybridized carbons (Fsp3) is 0.467. The molecule has 1 atom stereocenters. The summed E-state index contributed by atoms with van der Waals surface area (Å²) < 4.78 is 27.5. The Morgan fingerprint density at radius 2 is 1.96 bits per heavy atom. The molecule has 1 heterocycles. The summed E-state index contributed by atoms with van der Waals surface area (Å²) in [5.74, 6) is -0.392. The third kappa shape index (κ3) is 4.77. The van der Waals surface area contributed by atoms with Crippen LogP contribution < -0.4 is 5.32 Å². The molecule has 1 saturated heterocycles. The number of amides is 1.